The molecule has 0 bridgehead atoms. The van der Waals surface area contributed by atoms with Crippen LogP contribution in [0.3, 0.4) is 0 Å². The van der Waals surface area contributed by atoms with E-state index in [4.69, 9.17) is 0 Å². The molecule has 0 aliphatic heterocycles. The van der Waals surface area contributed by atoms with Crippen LogP contribution in [0.2, 0.25) is 0 Å². The number of hydrogen-bond donors (Lipinski definition) is 3. The summed E-state index contributed by atoms with van der Waals surface area (Å²) >= 11 is 0. The largest absolute Gasteiger partial charge is 0.390 e. The fraction of sp³-hybridized carbons (Fsp3) is 0.333. The van der Waals surface area contributed by atoms with Crippen LogP contribution in [0.5, 0.6) is 0 Å². The molecule has 0 spiro atoms. The van der Waals surface area contributed by atoms with E-state index in [2.05, 4.69) is 11.1 Å². The predicted molar refractivity (Wildman–Crippen MR) is 101 cm³/mol. The average molecular weight is 353 g/mol. The van der Waals surface area contributed by atoms with Crippen molar-refractivity contribution in [3.05, 3.63) is 52.2 Å². The molecule has 0 saturated carbocycles. The molecule has 0 radical (unpaired) electrons. The maximum absolute atomic E-state index is 12.7. The van der Waals surface area contributed by atoms with E-state index in [1.807, 2.05) is 32.0 Å². The van der Waals surface area contributed by atoms with Crippen LogP contribution in [0.25, 0.3) is 16.5 Å². The Morgan fingerprint density at radius 1 is 1.19 bits per heavy atom. The third-order valence-electron chi connectivity index (χ3n) is 4.81. The number of carbonyl (C=O) groups excluding carboxylic acids is 2. The molecule has 0 fully saturated rings. The van der Waals surface area contributed by atoms with Gasteiger partial charge in [-0.25, -0.2) is 0 Å². The summed E-state index contributed by atoms with van der Waals surface area (Å²) in [6.07, 6.45) is 0.524. The Labute approximate surface area is 152 Å². The number of fused-ring (bicyclic) bond motifs is 3. The number of Topliss-reactive ketones (excluding diaryl/α,β-unsaturated/α-hetero) is 2. The number of benzene rings is 1. The predicted octanol–water partition coefficient (Wildman–Crippen LogP) is 2.96. The zero-order valence-electron chi connectivity index (χ0n) is 15.4. The van der Waals surface area contributed by atoms with Gasteiger partial charge in [-0.2, -0.15) is 0 Å². The van der Waals surface area contributed by atoms with Gasteiger partial charge in [0, 0.05) is 22.0 Å². The van der Waals surface area contributed by atoms with E-state index in [1.54, 1.807) is 0 Å². The molecule has 1 aliphatic rings. The number of aromatic amines is 1. The fourth-order valence-corrected chi connectivity index (χ4v) is 3.33. The lowest BCUT2D eigenvalue weighted by Crippen LogP contribution is -2.31. The minimum atomic E-state index is -1.25. The number of H-pyrrole nitrogens is 1. The first-order chi connectivity index (χ1) is 12.2. The van der Waals surface area contributed by atoms with E-state index >= 15 is 0 Å². The highest BCUT2D eigenvalue weighted by Gasteiger charge is 2.37. The van der Waals surface area contributed by atoms with Crippen LogP contribution in [0.15, 0.2) is 35.4 Å². The number of rotatable bonds is 4. The Balaban J connectivity index is 2.23. The van der Waals surface area contributed by atoms with Crippen LogP contribution in [-0.2, 0) is 11.2 Å². The van der Waals surface area contributed by atoms with E-state index in [9.17, 15) is 19.8 Å². The van der Waals surface area contributed by atoms with Crippen LogP contribution in [-0.4, -0.2) is 39.0 Å². The summed E-state index contributed by atoms with van der Waals surface area (Å²) in [6, 6.07) is 5.75. The summed E-state index contributed by atoms with van der Waals surface area (Å²) in [5.74, 6) is -1.22. The molecule has 26 heavy (non-hydrogen) atoms. The maximum Gasteiger partial charge on any atom is 0.235 e. The number of carbonyl (C=O) groups is 2. The molecule has 1 aliphatic carbocycles. The molecule has 5 heteroatoms. The van der Waals surface area contributed by atoms with Gasteiger partial charge in [-0.3, -0.25) is 9.59 Å². The number of allylic oxidation sites excluding steroid dienone is 3. The molecule has 1 aromatic heterocycles. The molecule has 3 N–H and O–H groups in total. The van der Waals surface area contributed by atoms with E-state index < -0.39 is 23.8 Å². The molecule has 2 atom stereocenters. The topological polar surface area (TPSA) is 90.4 Å². The van der Waals surface area contributed by atoms with Gasteiger partial charge in [0.15, 0.2) is 0 Å². The van der Waals surface area contributed by atoms with E-state index in [0.29, 0.717) is 16.7 Å². The molecule has 5 nitrogen and oxygen atoms in total. The van der Waals surface area contributed by atoms with Gasteiger partial charge in [-0.05, 0) is 51.8 Å². The first-order valence-corrected chi connectivity index (χ1v) is 8.66. The van der Waals surface area contributed by atoms with Gasteiger partial charge in [-0.1, -0.05) is 17.7 Å². The maximum atomic E-state index is 12.7. The SMILES string of the molecule is CC(C)=CCc1ccc2[nH]c3c(c2c1)C(=O)C(=O)C(C)=C3C(O)C(C)O. The lowest BCUT2D eigenvalue weighted by Gasteiger charge is -2.23. The molecule has 3 rings (SSSR count). The first-order valence-electron chi connectivity index (χ1n) is 8.66. The van der Waals surface area contributed by atoms with Crippen LogP contribution >= 0.6 is 0 Å². The van der Waals surface area contributed by atoms with Crippen molar-refractivity contribution < 1.29 is 19.8 Å². The van der Waals surface area contributed by atoms with Gasteiger partial charge >= 0.3 is 0 Å². The lowest BCUT2D eigenvalue weighted by molar-refractivity contribution is -0.111. The number of ketones is 2. The normalized spacial score (nSPS) is 16.7. The lowest BCUT2D eigenvalue weighted by atomic mass is 9.84. The standard InChI is InChI=1S/C21H23NO4/c1-10(2)5-6-13-7-8-15-14(9-13)17-18(22-15)16(20(25)12(4)23)11(3)19(24)21(17)26/h5,7-9,12,20,22-23,25H,6H2,1-4H3. The molecule has 1 heterocycles. The number of nitrogens with one attached hydrogen (secondary N) is 1. The summed E-state index contributed by atoms with van der Waals surface area (Å²) in [5.41, 5.74) is 4.13. The molecular weight excluding hydrogens is 330 g/mol. The summed E-state index contributed by atoms with van der Waals surface area (Å²) in [4.78, 5) is 28.3. The zero-order valence-corrected chi connectivity index (χ0v) is 15.4. The molecular formula is C21H23NO4. The van der Waals surface area contributed by atoms with Crippen LogP contribution in [0.4, 0.5) is 0 Å². The average Bonchev–Trinajstić information content (AvgIpc) is 2.96. The Kier molecular flexibility index (Phi) is 4.69. The van der Waals surface area contributed by atoms with Crippen molar-refractivity contribution in [2.45, 2.75) is 46.3 Å². The van der Waals surface area contributed by atoms with Crippen molar-refractivity contribution in [3.8, 4) is 0 Å². The summed E-state index contributed by atoms with van der Waals surface area (Å²) in [7, 11) is 0. The third-order valence-corrected chi connectivity index (χ3v) is 4.81. The Morgan fingerprint density at radius 3 is 2.50 bits per heavy atom. The van der Waals surface area contributed by atoms with Crippen LogP contribution in [0.1, 0.15) is 49.3 Å². The van der Waals surface area contributed by atoms with E-state index in [1.165, 1.54) is 19.4 Å². The minimum Gasteiger partial charge on any atom is -0.390 e. The number of aliphatic hydroxyl groups excluding tert-OH is 2. The van der Waals surface area contributed by atoms with Gasteiger partial charge in [0.1, 0.15) is 6.10 Å². The molecule has 0 saturated heterocycles. The zero-order chi connectivity index (χ0) is 19.2. The molecule has 0 amide bonds. The van der Waals surface area contributed by atoms with E-state index in [-0.39, 0.29) is 11.1 Å². The smallest absolute Gasteiger partial charge is 0.235 e. The number of hydrogen-bond acceptors (Lipinski definition) is 4. The fourth-order valence-electron chi connectivity index (χ4n) is 3.33. The quantitative estimate of drug-likeness (QED) is 0.582. The first kappa shape index (κ1) is 18.3. The Morgan fingerprint density at radius 2 is 1.88 bits per heavy atom. The Hall–Kier alpha value is -2.50. The highest BCUT2D eigenvalue weighted by atomic mass is 16.3. The summed E-state index contributed by atoms with van der Waals surface area (Å²) in [6.45, 7) is 7.01. The van der Waals surface area contributed by atoms with Gasteiger partial charge in [0.25, 0.3) is 0 Å². The van der Waals surface area contributed by atoms with Crippen LogP contribution < -0.4 is 0 Å². The second kappa shape index (κ2) is 6.67. The Bertz CT molecular complexity index is 971. The van der Waals surface area contributed by atoms with Crippen molar-refractivity contribution in [1.29, 1.82) is 0 Å². The minimum absolute atomic E-state index is 0.173. The summed E-state index contributed by atoms with van der Waals surface area (Å²) in [5, 5.41) is 20.9. The molecule has 136 valence electrons. The van der Waals surface area contributed by atoms with Gasteiger partial charge in [0.2, 0.25) is 11.6 Å². The van der Waals surface area contributed by atoms with Gasteiger partial charge in [-0.15, -0.1) is 0 Å². The van der Waals surface area contributed by atoms with Crippen molar-refractivity contribution in [2.24, 2.45) is 0 Å². The molecule has 1 aromatic carbocycles. The highest BCUT2D eigenvalue weighted by molar-refractivity contribution is 6.54. The third kappa shape index (κ3) is 2.93. The second-order valence-corrected chi connectivity index (χ2v) is 7.12. The van der Waals surface area contributed by atoms with Gasteiger partial charge in [0.05, 0.1) is 17.4 Å². The second-order valence-electron chi connectivity index (χ2n) is 7.12. The molecule has 2 unspecified atom stereocenters. The number of aromatic nitrogens is 1. The van der Waals surface area contributed by atoms with Crippen molar-refractivity contribution in [3.63, 3.8) is 0 Å². The monoisotopic (exact) mass is 353 g/mol. The highest BCUT2D eigenvalue weighted by Crippen LogP contribution is 2.37. The van der Waals surface area contributed by atoms with Crippen LogP contribution in [0, 0.1) is 0 Å². The van der Waals surface area contributed by atoms with E-state index in [0.717, 1.165) is 17.5 Å². The number of aliphatic hydroxyl groups is 2. The van der Waals surface area contributed by atoms with Gasteiger partial charge < -0.3 is 15.2 Å². The molecule has 2 aromatic rings. The van der Waals surface area contributed by atoms with Crippen molar-refractivity contribution in [2.75, 3.05) is 0 Å². The summed E-state index contributed by atoms with van der Waals surface area (Å²) < 4.78 is 0. The van der Waals surface area contributed by atoms with Crippen molar-refractivity contribution >= 4 is 28.0 Å². The van der Waals surface area contributed by atoms with Crippen molar-refractivity contribution in [1.82, 2.24) is 4.98 Å².